The molecule has 0 unspecified atom stereocenters. The van der Waals surface area contributed by atoms with E-state index in [9.17, 15) is 9.59 Å². The van der Waals surface area contributed by atoms with E-state index in [4.69, 9.17) is 0 Å². The summed E-state index contributed by atoms with van der Waals surface area (Å²) in [5.74, 6) is 5.23. The maximum Gasteiger partial charge on any atom is 0.233 e. The van der Waals surface area contributed by atoms with E-state index in [1.807, 2.05) is 0 Å². The Hall–Kier alpha value is -1.12. The number of rotatable bonds is 2. The zero-order chi connectivity index (χ0) is 16.5. The molecular weight excluding hydrogens is 310 g/mol. The molecule has 3 nitrogen and oxygen atoms in total. The summed E-state index contributed by atoms with van der Waals surface area (Å²) in [6, 6.07) is 0. The van der Waals surface area contributed by atoms with Gasteiger partial charge in [-0.15, -0.1) is 0 Å². The van der Waals surface area contributed by atoms with E-state index in [1.54, 1.807) is 4.90 Å². The van der Waals surface area contributed by atoms with Crippen LogP contribution in [-0.4, -0.2) is 23.3 Å². The van der Waals surface area contributed by atoms with Crippen LogP contribution in [0.5, 0.6) is 0 Å². The molecule has 2 amide bonds. The van der Waals surface area contributed by atoms with E-state index >= 15 is 0 Å². The lowest BCUT2D eigenvalue weighted by Gasteiger charge is -2.57. The van der Waals surface area contributed by atoms with Gasteiger partial charge in [0.2, 0.25) is 11.8 Å². The fourth-order valence-corrected chi connectivity index (χ4v) is 8.99. The Balaban J connectivity index is 1.21. The molecule has 0 aromatic heterocycles. The van der Waals surface area contributed by atoms with Gasteiger partial charge in [0.25, 0.3) is 0 Å². The summed E-state index contributed by atoms with van der Waals surface area (Å²) in [6.45, 7) is 0.760. The fourth-order valence-electron chi connectivity index (χ4n) is 8.99. The molecule has 0 aromatic carbocycles. The summed E-state index contributed by atoms with van der Waals surface area (Å²) in [6.07, 6.45) is 13.9. The second kappa shape index (κ2) is 4.23. The van der Waals surface area contributed by atoms with Crippen molar-refractivity contribution in [2.75, 3.05) is 6.54 Å². The zero-order valence-corrected chi connectivity index (χ0v) is 14.8. The average Bonchev–Trinajstić information content (AvgIpc) is 3.35. The number of hydrogen-bond acceptors (Lipinski definition) is 2. The van der Waals surface area contributed by atoms with E-state index in [0.717, 1.165) is 24.3 Å². The van der Waals surface area contributed by atoms with Crippen molar-refractivity contribution in [3.8, 4) is 0 Å². The molecule has 25 heavy (non-hydrogen) atoms. The third-order valence-electron chi connectivity index (χ3n) is 9.41. The predicted octanol–water partition coefficient (Wildman–Crippen LogP) is 3.26. The molecule has 9 aliphatic rings. The first-order valence-corrected chi connectivity index (χ1v) is 10.7. The molecule has 0 aromatic rings. The molecule has 1 aliphatic heterocycles. The van der Waals surface area contributed by atoms with Crippen LogP contribution in [0.15, 0.2) is 12.2 Å². The van der Waals surface area contributed by atoms with Gasteiger partial charge in [0.05, 0.1) is 11.8 Å². The number of carbonyl (C=O) groups is 2. The second-order valence-electron chi connectivity index (χ2n) is 10.8. The molecule has 6 atom stereocenters. The third-order valence-corrected chi connectivity index (χ3v) is 9.41. The Morgan fingerprint density at radius 2 is 1.28 bits per heavy atom. The number of amides is 2. The maximum atomic E-state index is 13.3. The molecule has 7 fully saturated rings. The smallest absolute Gasteiger partial charge is 0.233 e. The van der Waals surface area contributed by atoms with Gasteiger partial charge in [0, 0.05) is 6.54 Å². The van der Waals surface area contributed by atoms with Crippen LogP contribution in [0, 0.1) is 58.7 Å². The Morgan fingerprint density at radius 3 is 1.76 bits per heavy atom. The lowest BCUT2D eigenvalue weighted by molar-refractivity contribution is -0.146. The topological polar surface area (TPSA) is 37.4 Å². The molecule has 8 aliphatic carbocycles. The van der Waals surface area contributed by atoms with E-state index in [0.29, 0.717) is 23.7 Å². The largest absolute Gasteiger partial charge is 0.282 e. The van der Waals surface area contributed by atoms with Crippen LogP contribution in [0.4, 0.5) is 0 Å². The SMILES string of the molecule is O=C1[C@@H]2[C@H]3C=C[C@@H]([C@@H]4C[C@H]34)[C@H]2C(=O)N1CC12CC3CC(CC(C3)C1)C2. The summed E-state index contributed by atoms with van der Waals surface area (Å²) in [4.78, 5) is 28.4. The first kappa shape index (κ1) is 14.0. The van der Waals surface area contributed by atoms with Crippen molar-refractivity contribution in [2.45, 2.75) is 44.9 Å². The monoisotopic (exact) mass is 337 g/mol. The number of carbonyl (C=O) groups excluding carboxylic acids is 2. The summed E-state index contributed by atoms with van der Waals surface area (Å²) in [7, 11) is 0. The van der Waals surface area contributed by atoms with Gasteiger partial charge in [-0.1, -0.05) is 12.2 Å². The number of likely N-dealkylation sites (tertiary alicyclic amines) is 1. The minimum absolute atomic E-state index is 0.000150. The quantitative estimate of drug-likeness (QED) is 0.573. The lowest BCUT2D eigenvalue weighted by Crippen LogP contribution is -2.52. The van der Waals surface area contributed by atoms with Crippen LogP contribution in [0.1, 0.15) is 44.9 Å². The minimum atomic E-state index is 0.000150. The van der Waals surface area contributed by atoms with Crippen molar-refractivity contribution < 1.29 is 9.59 Å². The highest BCUT2D eigenvalue weighted by atomic mass is 16.2. The zero-order valence-electron chi connectivity index (χ0n) is 14.8. The van der Waals surface area contributed by atoms with Crippen LogP contribution in [0.25, 0.3) is 0 Å². The van der Waals surface area contributed by atoms with Crippen LogP contribution >= 0.6 is 0 Å². The molecular formula is C22H27NO2. The van der Waals surface area contributed by atoms with Gasteiger partial charge in [0.1, 0.15) is 0 Å². The summed E-state index contributed by atoms with van der Waals surface area (Å²) >= 11 is 0. The molecule has 0 radical (unpaired) electrons. The Labute approximate surface area is 149 Å². The number of allylic oxidation sites excluding steroid dienone is 2. The third kappa shape index (κ3) is 1.64. The molecule has 132 valence electrons. The van der Waals surface area contributed by atoms with Crippen LogP contribution in [0.2, 0.25) is 0 Å². The minimum Gasteiger partial charge on any atom is -0.282 e. The highest BCUT2D eigenvalue weighted by Gasteiger charge is 2.67. The van der Waals surface area contributed by atoms with Crippen molar-refractivity contribution >= 4 is 11.8 Å². The van der Waals surface area contributed by atoms with Crippen molar-refractivity contribution in [3.63, 3.8) is 0 Å². The Bertz CT molecular complexity index is 652. The van der Waals surface area contributed by atoms with Crippen LogP contribution < -0.4 is 0 Å². The molecule has 1 heterocycles. The number of hydrogen-bond donors (Lipinski definition) is 0. The van der Waals surface area contributed by atoms with Crippen molar-refractivity contribution in [2.24, 2.45) is 58.7 Å². The standard InChI is InChI=1S/C22H27NO2/c24-20-18-14-1-2-15(17-6-16(14)17)19(18)21(25)23(20)10-22-7-11-3-12(8-22)5-13(4-11)9-22/h1-2,11-19H,3-10H2/t11?,12?,13?,14-,15-,16-,17+,18+,19+,22?/m0/s1. The molecule has 6 saturated carbocycles. The van der Waals surface area contributed by atoms with Crippen molar-refractivity contribution in [3.05, 3.63) is 12.2 Å². The summed E-state index contributed by atoms with van der Waals surface area (Å²) in [5.41, 5.74) is 0.281. The van der Waals surface area contributed by atoms with Gasteiger partial charge in [-0.3, -0.25) is 14.5 Å². The maximum absolute atomic E-state index is 13.3. The predicted molar refractivity (Wildman–Crippen MR) is 92.0 cm³/mol. The van der Waals surface area contributed by atoms with Crippen molar-refractivity contribution in [1.29, 1.82) is 0 Å². The van der Waals surface area contributed by atoms with E-state index < -0.39 is 0 Å². The van der Waals surface area contributed by atoms with Gasteiger partial charge >= 0.3 is 0 Å². The molecule has 3 heteroatoms. The normalized spacial score (nSPS) is 59.5. The highest BCUT2D eigenvalue weighted by molar-refractivity contribution is 6.06. The first-order chi connectivity index (χ1) is 12.1. The summed E-state index contributed by atoms with van der Waals surface area (Å²) in [5, 5.41) is 0. The second-order valence-corrected chi connectivity index (χ2v) is 10.8. The van der Waals surface area contributed by atoms with Gasteiger partial charge in [-0.2, -0.15) is 0 Å². The van der Waals surface area contributed by atoms with E-state index in [1.165, 1.54) is 44.9 Å². The molecule has 6 bridgehead atoms. The van der Waals surface area contributed by atoms with Gasteiger partial charge < -0.3 is 0 Å². The highest BCUT2D eigenvalue weighted by Crippen LogP contribution is 2.66. The van der Waals surface area contributed by atoms with E-state index in [2.05, 4.69) is 12.2 Å². The van der Waals surface area contributed by atoms with Gasteiger partial charge in [-0.25, -0.2) is 0 Å². The average molecular weight is 337 g/mol. The first-order valence-electron chi connectivity index (χ1n) is 10.7. The molecule has 1 saturated heterocycles. The molecule has 9 rings (SSSR count). The molecule has 0 spiro atoms. The number of nitrogens with zero attached hydrogens (tertiary/aromatic N) is 1. The Morgan fingerprint density at radius 1 is 0.800 bits per heavy atom. The van der Waals surface area contributed by atoms with Gasteiger partial charge in [-0.05, 0) is 91.8 Å². The van der Waals surface area contributed by atoms with Crippen molar-refractivity contribution in [1.82, 2.24) is 4.90 Å². The summed E-state index contributed by atoms with van der Waals surface area (Å²) < 4.78 is 0. The van der Waals surface area contributed by atoms with Crippen LogP contribution in [0.3, 0.4) is 0 Å². The molecule has 0 N–H and O–H groups in total. The van der Waals surface area contributed by atoms with Crippen LogP contribution in [-0.2, 0) is 9.59 Å². The van der Waals surface area contributed by atoms with E-state index in [-0.39, 0.29) is 29.1 Å². The fraction of sp³-hybridized carbons (Fsp3) is 0.818. The Kier molecular flexibility index (Phi) is 2.37. The lowest BCUT2D eigenvalue weighted by atomic mass is 9.49. The van der Waals surface area contributed by atoms with Gasteiger partial charge in [0.15, 0.2) is 0 Å². The number of imide groups is 1.